The van der Waals surface area contributed by atoms with Crippen molar-refractivity contribution in [2.75, 3.05) is 0 Å². The topological polar surface area (TPSA) is 97.1 Å². The first kappa shape index (κ1) is 19.6. The Kier molecular flexibility index (Phi) is 6.38. The van der Waals surface area contributed by atoms with E-state index in [1.165, 1.54) is 12.1 Å². The lowest BCUT2D eigenvalue weighted by molar-refractivity contribution is -0.119. The minimum atomic E-state index is -0.670. The molecule has 2 N–H and O–H groups in total. The van der Waals surface area contributed by atoms with E-state index in [4.69, 9.17) is 4.42 Å². The number of nitrogens with zero attached hydrogens (tertiary/aromatic N) is 2. The highest BCUT2D eigenvalue weighted by molar-refractivity contribution is 8.00. The van der Waals surface area contributed by atoms with Crippen LogP contribution in [-0.4, -0.2) is 27.4 Å². The zero-order valence-corrected chi connectivity index (χ0v) is 15.7. The lowest BCUT2D eigenvalue weighted by Crippen LogP contribution is -2.42. The fraction of sp³-hybridized carbons (Fsp3) is 0.158. The van der Waals surface area contributed by atoms with E-state index in [9.17, 15) is 14.0 Å². The number of halogens is 1. The second kappa shape index (κ2) is 9.14. The molecule has 0 aliphatic heterocycles. The van der Waals surface area contributed by atoms with Crippen LogP contribution in [0.15, 0.2) is 64.2 Å². The Morgan fingerprint density at radius 2 is 1.82 bits per heavy atom. The maximum Gasteiger partial charge on any atom is 0.321 e. The van der Waals surface area contributed by atoms with Gasteiger partial charge in [0.05, 0.1) is 10.8 Å². The molecule has 28 heavy (non-hydrogen) atoms. The number of benzene rings is 2. The highest BCUT2D eigenvalue weighted by atomic mass is 32.2. The molecule has 1 aromatic heterocycles. The van der Waals surface area contributed by atoms with Crippen molar-refractivity contribution in [1.29, 1.82) is 0 Å². The maximum atomic E-state index is 13.8. The van der Waals surface area contributed by atoms with Crippen LogP contribution in [0.4, 0.5) is 9.18 Å². The van der Waals surface area contributed by atoms with Gasteiger partial charge in [0.25, 0.3) is 11.1 Å². The highest BCUT2D eigenvalue weighted by Crippen LogP contribution is 2.27. The number of aromatic nitrogens is 2. The SMILES string of the molecule is C[C@H](Sc1nnc(-c2ccccc2F)o1)C(=O)NC(=O)NCc1ccccc1. The van der Waals surface area contributed by atoms with Crippen LogP contribution in [0.25, 0.3) is 11.5 Å². The summed E-state index contributed by atoms with van der Waals surface area (Å²) in [5, 5.41) is 11.9. The molecule has 3 amide bonds. The first-order valence-corrected chi connectivity index (χ1v) is 9.28. The van der Waals surface area contributed by atoms with Gasteiger partial charge in [-0.25, -0.2) is 9.18 Å². The van der Waals surface area contributed by atoms with Gasteiger partial charge in [-0.2, -0.15) is 0 Å². The Hall–Kier alpha value is -3.20. The van der Waals surface area contributed by atoms with E-state index in [0.717, 1.165) is 17.3 Å². The average molecular weight is 400 g/mol. The molecule has 0 saturated heterocycles. The van der Waals surface area contributed by atoms with Crippen molar-refractivity contribution in [3.05, 3.63) is 66.0 Å². The molecule has 3 aromatic rings. The van der Waals surface area contributed by atoms with Gasteiger partial charge in [-0.05, 0) is 24.6 Å². The lowest BCUT2D eigenvalue weighted by atomic mass is 10.2. The third kappa shape index (κ3) is 5.17. The van der Waals surface area contributed by atoms with E-state index < -0.39 is 23.0 Å². The first-order chi connectivity index (χ1) is 13.5. The minimum Gasteiger partial charge on any atom is -0.411 e. The quantitative estimate of drug-likeness (QED) is 0.616. The molecule has 0 aliphatic rings. The van der Waals surface area contributed by atoms with Crippen LogP contribution in [-0.2, 0) is 11.3 Å². The molecule has 0 unspecified atom stereocenters. The Labute approximate surface area is 164 Å². The third-order valence-corrected chi connectivity index (χ3v) is 4.62. The van der Waals surface area contributed by atoms with E-state index in [1.807, 2.05) is 30.3 Å². The normalized spacial score (nSPS) is 11.6. The van der Waals surface area contributed by atoms with E-state index in [2.05, 4.69) is 20.8 Å². The monoisotopic (exact) mass is 400 g/mol. The number of carbonyl (C=O) groups is 2. The molecule has 1 heterocycles. The number of amides is 3. The molecule has 2 aromatic carbocycles. The summed E-state index contributed by atoms with van der Waals surface area (Å²) >= 11 is 0.975. The highest BCUT2D eigenvalue weighted by Gasteiger charge is 2.21. The zero-order valence-electron chi connectivity index (χ0n) is 14.9. The van der Waals surface area contributed by atoms with Gasteiger partial charge in [-0.1, -0.05) is 54.2 Å². The van der Waals surface area contributed by atoms with Crippen LogP contribution < -0.4 is 10.6 Å². The summed E-state index contributed by atoms with van der Waals surface area (Å²) < 4.78 is 19.2. The predicted molar refractivity (Wildman–Crippen MR) is 102 cm³/mol. The summed E-state index contributed by atoms with van der Waals surface area (Å²) in [7, 11) is 0. The largest absolute Gasteiger partial charge is 0.411 e. The summed E-state index contributed by atoms with van der Waals surface area (Å²) in [5.41, 5.74) is 1.10. The van der Waals surface area contributed by atoms with Gasteiger partial charge in [0, 0.05) is 6.54 Å². The van der Waals surface area contributed by atoms with Crippen molar-refractivity contribution in [3.63, 3.8) is 0 Å². The standard InChI is InChI=1S/C19H17FN4O3S/c1-12(16(25)22-18(26)21-11-13-7-3-2-4-8-13)28-19-24-23-17(27-19)14-9-5-6-10-15(14)20/h2-10,12H,11H2,1H3,(H2,21,22,25,26)/t12-/m0/s1. The third-order valence-electron chi connectivity index (χ3n) is 3.69. The van der Waals surface area contributed by atoms with Gasteiger partial charge in [-0.3, -0.25) is 10.1 Å². The van der Waals surface area contributed by atoms with Gasteiger partial charge in [0.15, 0.2) is 0 Å². The summed E-state index contributed by atoms with van der Waals surface area (Å²) in [4.78, 5) is 24.0. The Morgan fingerprint density at radius 1 is 1.11 bits per heavy atom. The fourth-order valence-electron chi connectivity index (χ4n) is 2.24. The second-order valence-corrected chi connectivity index (χ2v) is 7.06. The number of carbonyl (C=O) groups excluding carboxylic acids is 2. The van der Waals surface area contributed by atoms with Crippen molar-refractivity contribution < 1.29 is 18.4 Å². The average Bonchev–Trinajstić information content (AvgIpc) is 3.15. The lowest BCUT2D eigenvalue weighted by Gasteiger charge is -2.10. The molecule has 1 atom stereocenters. The number of hydrogen-bond donors (Lipinski definition) is 2. The van der Waals surface area contributed by atoms with Crippen molar-refractivity contribution in [2.45, 2.75) is 23.9 Å². The van der Waals surface area contributed by atoms with Crippen molar-refractivity contribution in [1.82, 2.24) is 20.8 Å². The van der Waals surface area contributed by atoms with E-state index in [0.29, 0.717) is 6.54 Å². The number of rotatable bonds is 6. The van der Waals surface area contributed by atoms with Crippen LogP contribution in [0.1, 0.15) is 12.5 Å². The fourth-order valence-corrected chi connectivity index (χ4v) is 2.92. The molecule has 9 heteroatoms. The number of hydrogen-bond acceptors (Lipinski definition) is 6. The number of urea groups is 1. The molecule has 0 aliphatic carbocycles. The van der Waals surface area contributed by atoms with Gasteiger partial charge in [0.2, 0.25) is 5.91 Å². The van der Waals surface area contributed by atoms with Gasteiger partial charge in [0.1, 0.15) is 5.82 Å². The molecule has 0 radical (unpaired) electrons. The van der Waals surface area contributed by atoms with Crippen LogP contribution in [0.2, 0.25) is 0 Å². The van der Waals surface area contributed by atoms with Gasteiger partial charge >= 0.3 is 6.03 Å². The minimum absolute atomic E-state index is 0.0220. The van der Waals surface area contributed by atoms with Crippen LogP contribution in [0.3, 0.4) is 0 Å². The van der Waals surface area contributed by atoms with Crippen LogP contribution in [0, 0.1) is 5.82 Å². The second-order valence-electron chi connectivity index (χ2n) is 5.77. The molecule has 0 saturated carbocycles. The Morgan fingerprint density at radius 3 is 2.57 bits per heavy atom. The van der Waals surface area contributed by atoms with Crippen molar-refractivity contribution >= 4 is 23.7 Å². The van der Waals surface area contributed by atoms with Crippen molar-refractivity contribution in [3.8, 4) is 11.5 Å². The van der Waals surface area contributed by atoms with E-state index >= 15 is 0 Å². The van der Waals surface area contributed by atoms with Crippen LogP contribution >= 0.6 is 11.8 Å². The molecule has 144 valence electrons. The molecule has 7 nitrogen and oxygen atoms in total. The van der Waals surface area contributed by atoms with Gasteiger partial charge < -0.3 is 9.73 Å². The number of imide groups is 1. The van der Waals surface area contributed by atoms with Crippen molar-refractivity contribution in [2.24, 2.45) is 0 Å². The Balaban J connectivity index is 1.51. The molecule has 3 rings (SSSR count). The molecule has 0 bridgehead atoms. The summed E-state index contributed by atoms with van der Waals surface area (Å²) in [6.45, 7) is 1.90. The van der Waals surface area contributed by atoms with Crippen LogP contribution in [0.5, 0.6) is 0 Å². The summed E-state index contributed by atoms with van der Waals surface area (Å²) in [6, 6.07) is 14.7. The summed E-state index contributed by atoms with van der Waals surface area (Å²) in [5.74, 6) is -0.974. The molecule has 0 fully saturated rings. The van der Waals surface area contributed by atoms with Gasteiger partial charge in [-0.15, -0.1) is 10.2 Å². The van der Waals surface area contributed by atoms with E-state index in [1.54, 1.807) is 19.1 Å². The predicted octanol–water partition coefficient (Wildman–Crippen LogP) is 3.38. The molecular weight excluding hydrogens is 383 g/mol. The molecular formula is C19H17FN4O3S. The Bertz CT molecular complexity index is 965. The smallest absolute Gasteiger partial charge is 0.321 e. The first-order valence-electron chi connectivity index (χ1n) is 8.40. The molecule has 0 spiro atoms. The number of thioether (sulfide) groups is 1. The van der Waals surface area contributed by atoms with E-state index in [-0.39, 0.29) is 16.7 Å². The zero-order chi connectivity index (χ0) is 19.9. The number of nitrogens with one attached hydrogen (secondary N) is 2. The maximum absolute atomic E-state index is 13.8. The summed E-state index contributed by atoms with van der Waals surface area (Å²) in [6.07, 6.45) is 0.